The highest BCUT2D eigenvalue weighted by atomic mass is 32.2. The minimum absolute atomic E-state index is 0.147. The standard InChI is InChI=1S/C20H26N2O3S/c1-14(2)21-26(24,25)19-10-8-17(9-11-19)20(23)22(5)13-18-7-6-15(3)12-16(18)4/h6-12,14,21H,13H2,1-5H3. The highest BCUT2D eigenvalue weighted by Crippen LogP contribution is 2.16. The first-order chi connectivity index (χ1) is 12.1. The van der Waals surface area contributed by atoms with Gasteiger partial charge in [0, 0.05) is 25.2 Å². The average molecular weight is 375 g/mol. The van der Waals surface area contributed by atoms with E-state index in [2.05, 4.69) is 10.8 Å². The van der Waals surface area contributed by atoms with E-state index in [4.69, 9.17) is 0 Å². The van der Waals surface area contributed by atoms with Crippen molar-refractivity contribution >= 4 is 15.9 Å². The van der Waals surface area contributed by atoms with Crippen molar-refractivity contribution in [1.29, 1.82) is 0 Å². The summed E-state index contributed by atoms with van der Waals surface area (Å²) in [7, 11) is -1.81. The lowest BCUT2D eigenvalue weighted by Crippen LogP contribution is -2.30. The molecular weight excluding hydrogens is 348 g/mol. The molecule has 0 aliphatic heterocycles. The molecule has 1 N–H and O–H groups in total. The summed E-state index contributed by atoms with van der Waals surface area (Å²) in [4.78, 5) is 14.4. The molecule has 2 aromatic carbocycles. The Bertz CT molecular complexity index is 888. The molecule has 0 aromatic heterocycles. The van der Waals surface area contributed by atoms with Gasteiger partial charge in [0.1, 0.15) is 0 Å². The average Bonchev–Trinajstić information content (AvgIpc) is 2.55. The third-order valence-electron chi connectivity index (χ3n) is 4.05. The van der Waals surface area contributed by atoms with Crippen LogP contribution in [0.5, 0.6) is 0 Å². The number of amides is 1. The van der Waals surface area contributed by atoms with Crippen LogP contribution in [0.4, 0.5) is 0 Å². The zero-order valence-electron chi connectivity index (χ0n) is 15.9. The number of hydrogen-bond donors (Lipinski definition) is 1. The number of carbonyl (C=O) groups is 1. The van der Waals surface area contributed by atoms with E-state index < -0.39 is 10.0 Å². The fraction of sp³-hybridized carbons (Fsp3) is 0.350. The highest BCUT2D eigenvalue weighted by molar-refractivity contribution is 7.89. The van der Waals surface area contributed by atoms with Crippen molar-refractivity contribution in [2.24, 2.45) is 0 Å². The van der Waals surface area contributed by atoms with Gasteiger partial charge in [-0.2, -0.15) is 0 Å². The van der Waals surface area contributed by atoms with E-state index in [-0.39, 0.29) is 16.8 Å². The lowest BCUT2D eigenvalue weighted by Gasteiger charge is -2.19. The van der Waals surface area contributed by atoms with Crippen LogP contribution in [0, 0.1) is 13.8 Å². The molecule has 0 radical (unpaired) electrons. The van der Waals surface area contributed by atoms with Gasteiger partial charge in [-0.3, -0.25) is 4.79 Å². The first kappa shape index (κ1) is 20.1. The summed E-state index contributed by atoms with van der Waals surface area (Å²) in [5.74, 6) is -0.147. The summed E-state index contributed by atoms with van der Waals surface area (Å²) < 4.78 is 26.8. The Morgan fingerprint density at radius 2 is 1.69 bits per heavy atom. The van der Waals surface area contributed by atoms with Crippen LogP contribution < -0.4 is 4.72 Å². The molecule has 0 aliphatic rings. The molecule has 0 saturated carbocycles. The fourth-order valence-corrected chi connectivity index (χ4v) is 3.98. The molecule has 26 heavy (non-hydrogen) atoms. The van der Waals surface area contributed by atoms with Gasteiger partial charge in [-0.15, -0.1) is 0 Å². The lowest BCUT2D eigenvalue weighted by atomic mass is 10.1. The number of nitrogens with one attached hydrogen (secondary N) is 1. The van der Waals surface area contributed by atoms with Gasteiger partial charge in [-0.1, -0.05) is 23.8 Å². The molecule has 1 amide bonds. The maximum absolute atomic E-state index is 12.6. The molecule has 0 atom stereocenters. The molecule has 0 saturated heterocycles. The molecule has 2 rings (SSSR count). The van der Waals surface area contributed by atoms with Crippen molar-refractivity contribution in [2.45, 2.75) is 45.2 Å². The van der Waals surface area contributed by atoms with Crippen LogP contribution >= 0.6 is 0 Å². The number of aryl methyl sites for hydroxylation is 2. The second kappa shape index (κ2) is 8.01. The second-order valence-corrected chi connectivity index (χ2v) is 8.61. The Labute approximate surface area is 156 Å². The monoisotopic (exact) mass is 374 g/mol. The van der Waals surface area contributed by atoms with Gasteiger partial charge in [0.2, 0.25) is 10.0 Å². The zero-order chi connectivity index (χ0) is 19.5. The van der Waals surface area contributed by atoms with Crippen LogP contribution in [0.3, 0.4) is 0 Å². The molecule has 0 heterocycles. The third kappa shape index (κ3) is 4.93. The van der Waals surface area contributed by atoms with E-state index in [9.17, 15) is 13.2 Å². The van der Waals surface area contributed by atoms with Gasteiger partial charge in [-0.05, 0) is 63.1 Å². The van der Waals surface area contributed by atoms with E-state index in [1.54, 1.807) is 37.9 Å². The Kier molecular flexibility index (Phi) is 6.21. The number of carbonyl (C=O) groups excluding carboxylic acids is 1. The van der Waals surface area contributed by atoms with Crippen LogP contribution in [0.2, 0.25) is 0 Å². The van der Waals surface area contributed by atoms with Crippen LogP contribution in [-0.4, -0.2) is 32.3 Å². The summed E-state index contributed by atoms with van der Waals surface area (Å²) >= 11 is 0. The highest BCUT2D eigenvalue weighted by Gasteiger charge is 2.17. The van der Waals surface area contributed by atoms with Gasteiger partial charge < -0.3 is 4.90 Å². The van der Waals surface area contributed by atoms with Crippen LogP contribution in [0.1, 0.15) is 40.9 Å². The summed E-state index contributed by atoms with van der Waals surface area (Å²) in [6.07, 6.45) is 0. The fourth-order valence-electron chi connectivity index (χ4n) is 2.73. The smallest absolute Gasteiger partial charge is 0.253 e. The summed E-state index contributed by atoms with van der Waals surface area (Å²) in [6.45, 7) is 8.09. The van der Waals surface area contributed by atoms with Crippen LogP contribution in [0.15, 0.2) is 47.4 Å². The van der Waals surface area contributed by atoms with E-state index in [1.807, 2.05) is 26.0 Å². The van der Waals surface area contributed by atoms with Crippen molar-refractivity contribution in [3.63, 3.8) is 0 Å². The summed E-state index contributed by atoms with van der Waals surface area (Å²) in [5, 5.41) is 0. The normalized spacial score (nSPS) is 11.6. The second-order valence-electron chi connectivity index (χ2n) is 6.89. The minimum atomic E-state index is -3.56. The van der Waals surface area contributed by atoms with Crippen LogP contribution in [-0.2, 0) is 16.6 Å². The largest absolute Gasteiger partial charge is 0.337 e. The summed E-state index contributed by atoms with van der Waals surface area (Å²) in [5.41, 5.74) is 3.88. The number of sulfonamides is 1. The molecule has 0 fully saturated rings. The first-order valence-electron chi connectivity index (χ1n) is 8.54. The molecular formula is C20H26N2O3S. The topological polar surface area (TPSA) is 66.5 Å². The molecule has 0 spiro atoms. The number of benzene rings is 2. The zero-order valence-corrected chi connectivity index (χ0v) is 16.7. The van der Waals surface area contributed by atoms with Gasteiger partial charge >= 0.3 is 0 Å². The Morgan fingerprint density at radius 3 is 2.23 bits per heavy atom. The van der Waals surface area contributed by atoms with Crippen molar-refractivity contribution in [1.82, 2.24) is 9.62 Å². The molecule has 0 bridgehead atoms. The van der Waals surface area contributed by atoms with E-state index in [0.717, 1.165) is 11.1 Å². The SMILES string of the molecule is Cc1ccc(CN(C)C(=O)c2ccc(S(=O)(=O)NC(C)C)cc2)c(C)c1. The van der Waals surface area contributed by atoms with Gasteiger partial charge in [0.05, 0.1) is 4.90 Å². The predicted octanol–water partition coefficient (Wildman–Crippen LogP) is 3.26. The van der Waals surface area contributed by atoms with Crippen molar-refractivity contribution in [3.05, 3.63) is 64.7 Å². The van der Waals surface area contributed by atoms with Gasteiger partial charge in [0.25, 0.3) is 5.91 Å². The molecule has 0 unspecified atom stereocenters. The Morgan fingerprint density at radius 1 is 1.08 bits per heavy atom. The van der Waals surface area contributed by atoms with E-state index in [1.165, 1.54) is 17.7 Å². The minimum Gasteiger partial charge on any atom is -0.337 e. The van der Waals surface area contributed by atoms with Crippen molar-refractivity contribution in [2.75, 3.05) is 7.05 Å². The Balaban J connectivity index is 2.14. The molecule has 0 aliphatic carbocycles. The lowest BCUT2D eigenvalue weighted by molar-refractivity contribution is 0.0785. The molecule has 5 nitrogen and oxygen atoms in total. The predicted molar refractivity (Wildman–Crippen MR) is 104 cm³/mol. The molecule has 2 aromatic rings. The van der Waals surface area contributed by atoms with Crippen molar-refractivity contribution < 1.29 is 13.2 Å². The maximum atomic E-state index is 12.6. The molecule has 140 valence electrons. The number of rotatable bonds is 6. The van der Waals surface area contributed by atoms with E-state index in [0.29, 0.717) is 12.1 Å². The van der Waals surface area contributed by atoms with Crippen molar-refractivity contribution in [3.8, 4) is 0 Å². The maximum Gasteiger partial charge on any atom is 0.253 e. The number of hydrogen-bond acceptors (Lipinski definition) is 3. The number of nitrogens with zero attached hydrogens (tertiary/aromatic N) is 1. The first-order valence-corrected chi connectivity index (χ1v) is 10.0. The summed E-state index contributed by atoms with van der Waals surface area (Å²) in [6, 6.07) is 12.0. The third-order valence-corrected chi connectivity index (χ3v) is 5.73. The quantitative estimate of drug-likeness (QED) is 0.844. The van der Waals surface area contributed by atoms with E-state index >= 15 is 0 Å². The molecule has 6 heteroatoms. The van der Waals surface area contributed by atoms with Gasteiger partial charge in [-0.25, -0.2) is 13.1 Å². The van der Waals surface area contributed by atoms with Crippen LogP contribution in [0.25, 0.3) is 0 Å². The Hall–Kier alpha value is -2.18. The van der Waals surface area contributed by atoms with Gasteiger partial charge in [0.15, 0.2) is 0 Å².